The van der Waals surface area contributed by atoms with Crippen LogP contribution in [0.25, 0.3) is 6.08 Å². The monoisotopic (exact) mass is 192 g/mol. The summed E-state index contributed by atoms with van der Waals surface area (Å²) >= 11 is 0. The Balaban J connectivity index is 2.67. The van der Waals surface area contributed by atoms with Crippen molar-refractivity contribution in [2.75, 3.05) is 7.11 Å². The highest BCUT2D eigenvalue weighted by atomic mass is 16.5. The van der Waals surface area contributed by atoms with Crippen LogP contribution in [-0.4, -0.2) is 24.3 Å². The summed E-state index contributed by atoms with van der Waals surface area (Å²) in [5.74, 6) is -0.986. The van der Waals surface area contributed by atoms with Crippen LogP contribution in [0.5, 0.6) is 0 Å². The summed E-state index contributed by atoms with van der Waals surface area (Å²) in [5, 5.41) is 8.68. The lowest BCUT2D eigenvalue weighted by Crippen LogP contribution is -2.19. The molecule has 3 nitrogen and oxygen atoms in total. The molecule has 1 rings (SSSR count). The molecule has 0 aliphatic rings. The van der Waals surface area contributed by atoms with E-state index < -0.39 is 12.1 Å². The van der Waals surface area contributed by atoms with Gasteiger partial charge in [-0.3, -0.25) is 0 Å². The van der Waals surface area contributed by atoms with Gasteiger partial charge in [-0.1, -0.05) is 36.4 Å². The highest BCUT2D eigenvalue weighted by Gasteiger charge is 2.10. The molecule has 1 unspecified atom stereocenters. The Kier molecular flexibility index (Phi) is 3.88. The van der Waals surface area contributed by atoms with Gasteiger partial charge in [0, 0.05) is 7.11 Å². The highest BCUT2D eigenvalue weighted by Crippen LogP contribution is 2.03. The Morgan fingerprint density at radius 3 is 2.57 bits per heavy atom. The largest absolute Gasteiger partial charge is 0.479 e. The molecular weight excluding hydrogens is 180 g/mol. The lowest BCUT2D eigenvalue weighted by molar-refractivity contribution is -0.145. The van der Waals surface area contributed by atoms with Gasteiger partial charge in [0.25, 0.3) is 0 Å². The second kappa shape index (κ2) is 5.19. The summed E-state index contributed by atoms with van der Waals surface area (Å²) in [7, 11) is 1.37. The van der Waals surface area contributed by atoms with Gasteiger partial charge in [0.05, 0.1) is 0 Å². The van der Waals surface area contributed by atoms with Gasteiger partial charge < -0.3 is 9.84 Å². The fourth-order valence-corrected chi connectivity index (χ4v) is 1.02. The first-order valence-electron chi connectivity index (χ1n) is 4.23. The van der Waals surface area contributed by atoms with Gasteiger partial charge in [0.15, 0.2) is 6.10 Å². The van der Waals surface area contributed by atoms with Gasteiger partial charge in [0.2, 0.25) is 0 Å². The molecule has 3 heteroatoms. The molecule has 1 atom stereocenters. The summed E-state index contributed by atoms with van der Waals surface area (Å²) < 4.78 is 4.75. The Hall–Kier alpha value is -1.61. The van der Waals surface area contributed by atoms with E-state index >= 15 is 0 Å². The van der Waals surface area contributed by atoms with Crippen LogP contribution in [0.3, 0.4) is 0 Å². The second-order valence-electron chi connectivity index (χ2n) is 2.76. The number of carboxylic acids is 1. The summed E-state index contributed by atoms with van der Waals surface area (Å²) in [4.78, 5) is 10.6. The molecule has 0 amide bonds. The van der Waals surface area contributed by atoms with Crippen LogP contribution in [0.2, 0.25) is 0 Å². The number of rotatable bonds is 4. The molecule has 1 aromatic carbocycles. The van der Waals surface area contributed by atoms with Crippen molar-refractivity contribution in [2.24, 2.45) is 0 Å². The molecule has 0 saturated carbocycles. The zero-order chi connectivity index (χ0) is 10.4. The predicted molar refractivity (Wildman–Crippen MR) is 53.9 cm³/mol. The summed E-state index contributed by atoms with van der Waals surface area (Å²) in [5.41, 5.74) is 0.954. The van der Waals surface area contributed by atoms with Gasteiger partial charge in [-0.15, -0.1) is 0 Å². The van der Waals surface area contributed by atoms with Crippen LogP contribution in [0.1, 0.15) is 5.56 Å². The van der Waals surface area contributed by atoms with Crippen LogP contribution in [0.15, 0.2) is 36.4 Å². The fraction of sp³-hybridized carbons (Fsp3) is 0.182. The zero-order valence-corrected chi connectivity index (χ0v) is 7.88. The number of hydrogen-bond acceptors (Lipinski definition) is 2. The van der Waals surface area contributed by atoms with Crippen molar-refractivity contribution in [3.8, 4) is 0 Å². The first-order chi connectivity index (χ1) is 6.74. The zero-order valence-electron chi connectivity index (χ0n) is 7.88. The third-order valence-corrected chi connectivity index (χ3v) is 1.76. The molecule has 0 aliphatic heterocycles. The molecule has 0 radical (unpaired) electrons. The maximum Gasteiger partial charge on any atom is 0.336 e. The number of benzene rings is 1. The molecule has 0 aromatic heterocycles. The van der Waals surface area contributed by atoms with Crippen molar-refractivity contribution in [2.45, 2.75) is 6.10 Å². The fourth-order valence-electron chi connectivity index (χ4n) is 1.02. The average Bonchev–Trinajstić information content (AvgIpc) is 2.20. The summed E-state index contributed by atoms with van der Waals surface area (Å²) in [6.07, 6.45) is 2.36. The molecule has 0 bridgehead atoms. The molecule has 74 valence electrons. The molecule has 14 heavy (non-hydrogen) atoms. The standard InChI is InChI=1S/C11H12O3/c1-14-10(11(12)13)8-7-9-5-3-2-4-6-9/h2-8,10H,1H3,(H,12,13)/b8-7+. The van der Waals surface area contributed by atoms with Crippen molar-refractivity contribution >= 4 is 12.0 Å². The third-order valence-electron chi connectivity index (χ3n) is 1.76. The summed E-state index contributed by atoms with van der Waals surface area (Å²) in [6.45, 7) is 0. The van der Waals surface area contributed by atoms with Crippen molar-refractivity contribution in [3.05, 3.63) is 42.0 Å². The van der Waals surface area contributed by atoms with E-state index in [1.165, 1.54) is 13.2 Å². The van der Waals surface area contributed by atoms with E-state index in [1.54, 1.807) is 6.08 Å². The number of methoxy groups -OCH3 is 1. The Labute approximate surface area is 82.6 Å². The van der Waals surface area contributed by atoms with Crippen LogP contribution < -0.4 is 0 Å². The van der Waals surface area contributed by atoms with E-state index in [-0.39, 0.29) is 0 Å². The van der Waals surface area contributed by atoms with E-state index in [1.807, 2.05) is 30.3 Å². The first kappa shape index (κ1) is 10.5. The molecular formula is C11H12O3. The molecule has 1 aromatic rings. The highest BCUT2D eigenvalue weighted by molar-refractivity contribution is 5.76. The number of carbonyl (C=O) groups is 1. The summed E-state index contributed by atoms with van der Waals surface area (Å²) in [6, 6.07) is 9.48. The first-order valence-corrected chi connectivity index (χ1v) is 4.23. The third kappa shape index (κ3) is 3.03. The van der Waals surface area contributed by atoms with E-state index in [4.69, 9.17) is 9.84 Å². The SMILES string of the molecule is COC(/C=C/c1ccccc1)C(=O)O. The van der Waals surface area contributed by atoms with E-state index in [2.05, 4.69) is 0 Å². The lowest BCUT2D eigenvalue weighted by atomic mass is 10.2. The van der Waals surface area contributed by atoms with Crippen LogP contribution >= 0.6 is 0 Å². The smallest absolute Gasteiger partial charge is 0.336 e. The molecule has 0 saturated heterocycles. The molecule has 0 fully saturated rings. The van der Waals surface area contributed by atoms with Gasteiger partial charge in [-0.05, 0) is 11.6 Å². The van der Waals surface area contributed by atoms with Gasteiger partial charge in [-0.25, -0.2) is 4.79 Å². The van der Waals surface area contributed by atoms with Crippen molar-refractivity contribution in [3.63, 3.8) is 0 Å². The van der Waals surface area contributed by atoms with Gasteiger partial charge >= 0.3 is 5.97 Å². The van der Waals surface area contributed by atoms with Crippen molar-refractivity contribution in [1.82, 2.24) is 0 Å². The van der Waals surface area contributed by atoms with Crippen molar-refractivity contribution < 1.29 is 14.6 Å². The minimum Gasteiger partial charge on any atom is -0.479 e. The number of carboxylic acid groups (broad SMARTS) is 1. The van der Waals surface area contributed by atoms with Crippen molar-refractivity contribution in [1.29, 1.82) is 0 Å². The van der Waals surface area contributed by atoms with E-state index in [0.29, 0.717) is 0 Å². The van der Waals surface area contributed by atoms with Crippen LogP contribution in [0.4, 0.5) is 0 Å². The van der Waals surface area contributed by atoms with E-state index in [0.717, 1.165) is 5.56 Å². The topological polar surface area (TPSA) is 46.5 Å². The normalized spacial score (nSPS) is 12.9. The second-order valence-corrected chi connectivity index (χ2v) is 2.76. The quantitative estimate of drug-likeness (QED) is 0.791. The number of hydrogen-bond donors (Lipinski definition) is 1. The molecule has 1 N–H and O–H groups in total. The molecule has 0 aliphatic carbocycles. The number of aliphatic carboxylic acids is 1. The number of ether oxygens (including phenoxy) is 1. The van der Waals surface area contributed by atoms with Gasteiger partial charge in [-0.2, -0.15) is 0 Å². The van der Waals surface area contributed by atoms with Crippen LogP contribution in [-0.2, 0) is 9.53 Å². The predicted octanol–water partition coefficient (Wildman–Crippen LogP) is 1.80. The maximum atomic E-state index is 10.6. The molecule has 0 heterocycles. The minimum atomic E-state index is -0.986. The maximum absolute atomic E-state index is 10.6. The van der Waals surface area contributed by atoms with Gasteiger partial charge in [0.1, 0.15) is 0 Å². The van der Waals surface area contributed by atoms with Crippen LogP contribution in [0, 0.1) is 0 Å². The molecule has 0 spiro atoms. The minimum absolute atomic E-state index is 0.879. The lowest BCUT2D eigenvalue weighted by Gasteiger charge is -2.03. The van der Waals surface area contributed by atoms with E-state index in [9.17, 15) is 4.79 Å². The Morgan fingerprint density at radius 2 is 2.07 bits per heavy atom. The Bertz CT molecular complexity index is 317. The average molecular weight is 192 g/mol. The Morgan fingerprint density at radius 1 is 1.43 bits per heavy atom.